The van der Waals surface area contributed by atoms with Crippen molar-refractivity contribution >= 4 is 11.4 Å². The molecule has 1 aliphatic carbocycles. The Labute approximate surface area is 189 Å². The molecule has 2 aromatic heterocycles. The Balaban J connectivity index is 1.42. The lowest BCUT2D eigenvalue weighted by Crippen LogP contribution is -2.46. The van der Waals surface area contributed by atoms with Crippen molar-refractivity contribution in [3.63, 3.8) is 0 Å². The molecule has 1 amide bonds. The SMILES string of the molecule is CC(C)(C)OC(O)N1C[C@@H]2C(C(=O)NC(C)(C)c3ncc4c(OC(F)(F)F)cccn34)[C@@H]2C1. The van der Waals surface area contributed by atoms with Gasteiger partial charge in [-0.05, 0) is 58.6 Å². The van der Waals surface area contributed by atoms with E-state index < -0.39 is 23.9 Å². The Bertz CT molecular complexity index is 1030. The number of nitrogens with one attached hydrogen (secondary N) is 1. The first kappa shape index (κ1) is 23.8. The van der Waals surface area contributed by atoms with E-state index in [-0.39, 0.29) is 34.9 Å². The van der Waals surface area contributed by atoms with Gasteiger partial charge >= 0.3 is 6.36 Å². The molecule has 0 radical (unpaired) electrons. The lowest BCUT2D eigenvalue weighted by atomic mass is 10.0. The van der Waals surface area contributed by atoms with E-state index in [9.17, 15) is 23.1 Å². The van der Waals surface area contributed by atoms with Gasteiger partial charge in [-0.25, -0.2) is 4.98 Å². The third kappa shape index (κ3) is 4.95. The maximum atomic E-state index is 13.0. The van der Waals surface area contributed by atoms with Crippen LogP contribution in [0.1, 0.15) is 40.4 Å². The fourth-order valence-electron chi connectivity index (χ4n) is 4.64. The minimum absolute atomic E-state index is 0.128. The molecule has 2 unspecified atom stereocenters. The summed E-state index contributed by atoms with van der Waals surface area (Å²) in [6.07, 6.45) is -2.96. The zero-order chi connectivity index (χ0) is 24.3. The average Bonchev–Trinajstić information content (AvgIpc) is 3.01. The number of rotatable bonds is 6. The fourth-order valence-corrected chi connectivity index (χ4v) is 4.64. The predicted octanol–water partition coefficient (Wildman–Crippen LogP) is 2.85. The van der Waals surface area contributed by atoms with Crippen LogP contribution in [0.15, 0.2) is 24.5 Å². The summed E-state index contributed by atoms with van der Waals surface area (Å²) in [5.74, 6) is -0.0395. The van der Waals surface area contributed by atoms with Crippen molar-refractivity contribution in [3.05, 3.63) is 30.4 Å². The van der Waals surface area contributed by atoms with Crippen molar-refractivity contribution in [2.24, 2.45) is 17.8 Å². The van der Waals surface area contributed by atoms with Crippen LogP contribution in [0, 0.1) is 17.8 Å². The Hall–Kier alpha value is -2.37. The van der Waals surface area contributed by atoms with E-state index in [2.05, 4.69) is 15.0 Å². The van der Waals surface area contributed by atoms with Gasteiger partial charge in [0.1, 0.15) is 11.3 Å². The monoisotopic (exact) mass is 470 g/mol. The summed E-state index contributed by atoms with van der Waals surface area (Å²) < 4.78 is 49.3. The molecular formula is C22H29F3N4O4. The number of aliphatic hydroxyl groups is 1. The second-order valence-electron chi connectivity index (χ2n) is 10.2. The van der Waals surface area contributed by atoms with Crippen molar-refractivity contribution in [1.29, 1.82) is 0 Å². The number of amides is 1. The molecule has 1 saturated heterocycles. The molecule has 0 spiro atoms. The molecule has 11 heteroatoms. The molecule has 1 aliphatic heterocycles. The van der Waals surface area contributed by atoms with Crippen LogP contribution in [0.25, 0.3) is 5.52 Å². The Morgan fingerprint density at radius 2 is 1.85 bits per heavy atom. The summed E-state index contributed by atoms with van der Waals surface area (Å²) in [7, 11) is 0. The highest BCUT2D eigenvalue weighted by Gasteiger charge is 2.60. The fraction of sp³-hybridized carbons (Fsp3) is 0.636. The highest BCUT2D eigenvalue weighted by Crippen LogP contribution is 2.52. The van der Waals surface area contributed by atoms with Crippen molar-refractivity contribution < 1.29 is 32.5 Å². The van der Waals surface area contributed by atoms with Gasteiger partial charge in [-0.2, -0.15) is 0 Å². The lowest BCUT2D eigenvalue weighted by Gasteiger charge is -2.31. The van der Waals surface area contributed by atoms with Crippen LogP contribution in [-0.2, 0) is 15.1 Å². The van der Waals surface area contributed by atoms with Crippen molar-refractivity contribution in [2.75, 3.05) is 13.1 Å². The smallest absolute Gasteiger partial charge is 0.403 e. The van der Waals surface area contributed by atoms with Crippen LogP contribution < -0.4 is 10.1 Å². The van der Waals surface area contributed by atoms with Crippen LogP contribution in [0.3, 0.4) is 0 Å². The number of aromatic nitrogens is 2. The summed E-state index contributed by atoms with van der Waals surface area (Å²) in [5.41, 5.74) is -1.27. The van der Waals surface area contributed by atoms with Gasteiger partial charge in [0.25, 0.3) is 0 Å². The van der Waals surface area contributed by atoms with Gasteiger partial charge < -0.3 is 19.9 Å². The normalized spacial score (nSPS) is 24.6. The van der Waals surface area contributed by atoms with Crippen LogP contribution in [0.2, 0.25) is 0 Å². The number of halogens is 3. The first-order chi connectivity index (χ1) is 15.2. The second-order valence-corrected chi connectivity index (χ2v) is 10.2. The maximum Gasteiger partial charge on any atom is 0.573 e. The maximum absolute atomic E-state index is 13.0. The predicted molar refractivity (Wildman–Crippen MR) is 112 cm³/mol. The number of hydrogen-bond donors (Lipinski definition) is 2. The number of likely N-dealkylation sites (tertiary alicyclic amines) is 1. The van der Waals surface area contributed by atoms with E-state index in [1.807, 2.05) is 25.7 Å². The average molecular weight is 470 g/mol. The van der Waals surface area contributed by atoms with Gasteiger partial charge in [0.2, 0.25) is 12.3 Å². The zero-order valence-corrected chi connectivity index (χ0v) is 19.2. The summed E-state index contributed by atoms with van der Waals surface area (Å²) >= 11 is 0. The van der Waals surface area contributed by atoms with Crippen molar-refractivity contribution in [1.82, 2.24) is 19.6 Å². The van der Waals surface area contributed by atoms with Gasteiger partial charge in [0, 0.05) is 25.2 Å². The number of aliphatic hydroxyl groups excluding tert-OH is 1. The molecule has 2 N–H and O–H groups in total. The molecule has 8 nitrogen and oxygen atoms in total. The number of carbonyl (C=O) groups is 1. The van der Waals surface area contributed by atoms with E-state index in [0.717, 1.165) is 0 Å². The standard InChI is InChI=1S/C22H29F3N4O4/c1-20(2,3)33-19(31)28-10-12-13(11-28)16(12)17(30)27-21(4,5)18-26-9-14-15(32-22(23,24)25)7-6-8-29(14)18/h6-9,12-13,16,19,31H,10-11H2,1-5H3,(H,27,30)/t12-,13+,16?,19?. The summed E-state index contributed by atoms with van der Waals surface area (Å²) in [5, 5.41) is 13.3. The van der Waals surface area contributed by atoms with E-state index in [4.69, 9.17) is 4.74 Å². The number of pyridine rings is 1. The largest absolute Gasteiger partial charge is 0.573 e. The van der Waals surface area contributed by atoms with Gasteiger partial charge in [0.05, 0.1) is 17.3 Å². The number of hydrogen-bond acceptors (Lipinski definition) is 6. The second kappa shape index (κ2) is 7.85. The molecule has 182 valence electrons. The van der Waals surface area contributed by atoms with E-state index in [1.165, 1.54) is 22.7 Å². The van der Waals surface area contributed by atoms with Crippen molar-refractivity contribution in [2.45, 2.75) is 58.5 Å². The topological polar surface area (TPSA) is 88.3 Å². The summed E-state index contributed by atoms with van der Waals surface area (Å²) in [6.45, 7) is 10.2. The van der Waals surface area contributed by atoms with Crippen LogP contribution >= 0.6 is 0 Å². The van der Waals surface area contributed by atoms with E-state index >= 15 is 0 Å². The molecule has 4 atom stereocenters. The molecule has 0 bridgehead atoms. The lowest BCUT2D eigenvalue weighted by molar-refractivity contribution is -0.274. The number of alkyl halides is 3. The number of imidazole rings is 1. The summed E-state index contributed by atoms with van der Waals surface area (Å²) in [4.78, 5) is 19.1. The Morgan fingerprint density at radius 3 is 2.42 bits per heavy atom. The highest BCUT2D eigenvalue weighted by atomic mass is 19.4. The van der Waals surface area contributed by atoms with Crippen molar-refractivity contribution in [3.8, 4) is 5.75 Å². The first-order valence-electron chi connectivity index (χ1n) is 10.8. The quantitative estimate of drug-likeness (QED) is 0.632. The van der Waals surface area contributed by atoms with Crippen LogP contribution in [0.4, 0.5) is 13.2 Å². The van der Waals surface area contributed by atoms with E-state index in [0.29, 0.717) is 18.9 Å². The van der Waals surface area contributed by atoms with Gasteiger partial charge in [0.15, 0.2) is 5.75 Å². The van der Waals surface area contributed by atoms with Gasteiger partial charge in [-0.3, -0.25) is 14.1 Å². The minimum Gasteiger partial charge on any atom is -0.403 e. The van der Waals surface area contributed by atoms with Gasteiger partial charge in [-0.15, -0.1) is 13.2 Å². The van der Waals surface area contributed by atoms with Crippen LogP contribution in [-0.4, -0.2) is 56.8 Å². The Kier molecular flexibility index (Phi) is 5.65. The minimum atomic E-state index is -4.82. The molecule has 2 fully saturated rings. The molecule has 4 rings (SSSR count). The highest BCUT2D eigenvalue weighted by molar-refractivity contribution is 5.83. The molecular weight excluding hydrogens is 441 g/mol. The zero-order valence-electron chi connectivity index (χ0n) is 19.2. The molecule has 1 saturated carbocycles. The van der Waals surface area contributed by atoms with Crippen LogP contribution in [0.5, 0.6) is 5.75 Å². The molecule has 2 aromatic rings. The number of nitrogens with zero attached hydrogens (tertiary/aromatic N) is 3. The molecule has 2 aliphatic rings. The first-order valence-corrected chi connectivity index (χ1v) is 10.8. The number of carbonyl (C=O) groups excluding carboxylic acids is 1. The number of ether oxygens (including phenoxy) is 2. The number of piperidine rings is 1. The molecule has 0 aromatic carbocycles. The molecule has 33 heavy (non-hydrogen) atoms. The third-order valence-electron chi connectivity index (χ3n) is 6.05. The molecule has 3 heterocycles. The Morgan fingerprint density at radius 1 is 1.21 bits per heavy atom. The van der Waals surface area contributed by atoms with E-state index in [1.54, 1.807) is 20.0 Å². The van der Waals surface area contributed by atoms with Gasteiger partial charge in [-0.1, -0.05) is 0 Å². The third-order valence-corrected chi connectivity index (χ3v) is 6.05. The summed E-state index contributed by atoms with van der Waals surface area (Å²) in [6, 6.07) is 2.65. The number of fused-ring (bicyclic) bond motifs is 2.